The molecule has 91 heavy (non-hydrogen) atoms. The highest BCUT2D eigenvalue weighted by Gasteiger charge is 2.35. The zero-order chi connectivity index (χ0) is 65.1. The van der Waals surface area contributed by atoms with Gasteiger partial charge in [0, 0.05) is 80.1 Å². The number of carbonyl (C=O) groups excluding carboxylic acids is 5. The van der Waals surface area contributed by atoms with Gasteiger partial charge < -0.3 is 49.8 Å². The van der Waals surface area contributed by atoms with Crippen LogP contribution in [0.1, 0.15) is 139 Å². The smallest absolute Gasteiger partial charge is 0.412 e. The van der Waals surface area contributed by atoms with E-state index in [0.717, 1.165) is 25.8 Å². The molecule has 4 aromatic carbocycles. The van der Waals surface area contributed by atoms with Crippen molar-refractivity contribution in [1.29, 1.82) is 10.8 Å². The van der Waals surface area contributed by atoms with Crippen molar-refractivity contribution in [2.45, 2.75) is 65.4 Å². The first-order valence-electron chi connectivity index (χ1n) is 29.6. The average Bonchev–Trinajstić information content (AvgIpc) is 1.26. The second-order valence-corrected chi connectivity index (χ2v) is 21.5. The third-order valence-corrected chi connectivity index (χ3v) is 14.9. The van der Waals surface area contributed by atoms with Crippen molar-refractivity contribution in [2.24, 2.45) is 17.8 Å². The summed E-state index contributed by atoms with van der Waals surface area (Å²) in [6, 6.07) is 24.3. The van der Waals surface area contributed by atoms with E-state index in [1.54, 1.807) is 37.3 Å². The van der Waals surface area contributed by atoms with Crippen LogP contribution in [0.4, 0.5) is 21.0 Å². The fraction of sp³-hybridized carbons (Fsp3) is 0.299. The minimum absolute atomic E-state index is 0.00882. The summed E-state index contributed by atoms with van der Waals surface area (Å²) in [4.78, 5) is 101. The monoisotopic (exact) mass is 1240 g/mol. The molecule has 8 rings (SSSR count). The summed E-state index contributed by atoms with van der Waals surface area (Å²) in [6.07, 6.45) is 10.3. The number of unbranched alkanes of at least 4 members (excludes halogenated alkanes) is 3. The molecule has 2 aliphatic carbocycles. The number of aromatic nitrogens is 2. The highest BCUT2D eigenvalue weighted by Crippen LogP contribution is 2.41. The lowest BCUT2D eigenvalue weighted by Crippen LogP contribution is -2.31. The lowest BCUT2D eigenvalue weighted by atomic mass is 9.94. The number of ether oxygens (including phenoxy) is 5. The van der Waals surface area contributed by atoms with E-state index in [4.69, 9.17) is 34.5 Å². The van der Waals surface area contributed by atoms with Crippen LogP contribution in [0.15, 0.2) is 110 Å². The first-order chi connectivity index (χ1) is 43.9. The predicted octanol–water partition coefficient (Wildman–Crippen LogP) is 10.6. The molecule has 2 aliphatic rings. The summed E-state index contributed by atoms with van der Waals surface area (Å²) in [7, 11) is 2.84. The summed E-state index contributed by atoms with van der Waals surface area (Å²) in [5.41, 5.74) is 2.07. The molecule has 0 spiro atoms. The standard InChI is InChI=1S/C67H72N10O14/c1-6-9-10-11-28-91-67(86)77-60(69)41-18-22-45(23-19-41)73-61(78)52-30-39(7-2)55(87-4)32-50(52)49-26-27-54(75-58(49)65(83)84)63(80)71-35-44-29-42(44)14-15-43-31-53(62(79)74-46-20-16-40(17-21-46)59(68)76-66(85)90-8-3)51(33-56(43)88-5)48-25-24-47(72-57(48)64(81)82)36-89-37-70-34-38-12-13-38/h7,14-27,30-33,38,42,44,70H,2,6,8-13,28-29,34-37H2,1,3-5H3,(H,71,80)(H,73,78)(H,74,79)(H,81,82)(H,83,84)(H2,68,76,85)(H2,69,77,86)/b15-14+. The number of carboxylic acids is 2. The van der Waals surface area contributed by atoms with Gasteiger partial charge in [-0.25, -0.2) is 29.1 Å². The molecular formula is C67H72N10O14. The molecule has 0 bridgehead atoms. The Morgan fingerprint density at radius 1 is 0.648 bits per heavy atom. The second kappa shape index (κ2) is 31.5. The van der Waals surface area contributed by atoms with Crippen LogP contribution in [0.5, 0.6) is 11.5 Å². The van der Waals surface area contributed by atoms with Crippen LogP contribution in [0, 0.1) is 28.6 Å². The van der Waals surface area contributed by atoms with Gasteiger partial charge in [0.05, 0.1) is 46.5 Å². The largest absolute Gasteiger partial charge is 0.496 e. The molecule has 0 aliphatic heterocycles. The number of amides is 5. The highest BCUT2D eigenvalue weighted by molar-refractivity contribution is 6.13. The fourth-order valence-corrected chi connectivity index (χ4v) is 9.76. The third kappa shape index (κ3) is 18.0. The van der Waals surface area contributed by atoms with Gasteiger partial charge in [0.1, 0.15) is 28.9 Å². The number of anilines is 2. The number of pyridine rings is 2. The molecule has 2 fully saturated rings. The number of benzene rings is 4. The number of hydrogen-bond acceptors (Lipinski definition) is 17. The maximum Gasteiger partial charge on any atom is 0.412 e. The topological polar surface area (TPSA) is 352 Å². The molecule has 2 unspecified atom stereocenters. The number of hydrogen-bond donors (Lipinski definition) is 10. The van der Waals surface area contributed by atoms with E-state index in [0.29, 0.717) is 63.8 Å². The number of alkyl carbamates (subject to hydrolysis) is 2. The van der Waals surface area contributed by atoms with Crippen LogP contribution >= 0.6 is 0 Å². The molecule has 24 heteroatoms. The summed E-state index contributed by atoms with van der Waals surface area (Å²) in [5, 5.41) is 54.1. The number of amidine groups is 2. The SMILES string of the molecule is C=Cc1cc(C(=O)Nc2ccc(C(=N)NC(=O)OCCCCCC)cc2)c(-c2ccc(C(=O)NCC3CC3/C=C/c3cc(C(=O)Nc4ccc(C(=N)NC(=O)OCC)cc4)c(-c4ccc(COCNCC5CC5)nc4C(=O)O)cc3OC)nc2C(=O)O)cc1OC. The Bertz CT molecular complexity index is 3770. The lowest BCUT2D eigenvalue weighted by Gasteiger charge is -2.17. The Morgan fingerprint density at radius 2 is 1.21 bits per heavy atom. The van der Waals surface area contributed by atoms with Crippen molar-refractivity contribution in [3.05, 3.63) is 166 Å². The summed E-state index contributed by atoms with van der Waals surface area (Å²) in [5.74, 6) is -4.08. The van der Waals surface area contributed by atoms with Gasteiger partial charge in [0.25, 0.3) is 17.7 Å². The van der Waals surface area contributed by atoms with Gasteiger partial charge in [-0.3, -0.25) is 41.2 Å². The molecule has 2 heterocycles. The molecule has 5 amide bonds. The normalized spacial score (nSPS) is 13.9. The van der Waals surface area contributed by atoms with Crippen LogP contribution in [0.2, 0.25) is 0 Å². The van der Waals surface area contributed by atoms with E-state index in [1.807, 2.05) is 6.08 Å². The number of methoxy groups -OCH3 is 2. The third-order valence-electron chi connectivity index (χ3n) is 14.9. The van der Waals surface area contributed by atoms with E-state index in [2.05, 4.69) is 55.4 Å². The predicted molar refractivity (Wildman–Crippen MR) is 341 cm³/mol. The van der Waals surface area contributed by atoms with Crippen LogP contribution in [-0.4, -0.2) is 121 Å². The Morgan fingerprint density at radius 3 is 1.76 bits per heavy atom. The minimum Gasteiger partial charge on any atom is -0.496 e. The highest BCUT2D eigenvalue weighted by atomic mass is 16.6. The number of aromatic carboxylic acids is 2. The van der Waals surface area contributed by atoms with Crippen LogP contribution in [0.25, 0.3) is 34.4 Å². The molecular weight excluding hydrogens is 1170 g/mol. The summed E-state index contributed by atoms with van der Waals surface area (Å²) in [6.45, 7) is 9.20. The molecule has 6 aromatic rings. The molecule has 24 nitrogen and oxygen atoms in total. The first kappa shape index (κ1) is 66.4. The van der Waals surface area contributed by atoms with Gasteiger partial charge in [0.15, 0.2) is 11.4 Å². The van der Waals surface area contributed by atoms with Gasteiger partial charge >= 0.3 is 24.1 Å². The van der Waals surface area contributed by atoms with E-state index in [-0.39, 0.29) is 107 Å². The Kier molecular flexibility index (Phi) is 23.0. The van der Waals surface area contributed by atoms with Crippen molar-refractivity contribution >= 4 is 77.0 Å². The van der Waals surface area contributed by atoms with Crippen molar-refractivity contribution in [3.8, 4) is 33.8 Å². The van der Waals surface area contributed by atoms with E-state index >= 15 is 0 Å². The van der Waals surface area contributed by atoms with Gasteiger partial charge in [-0.15, -0.1) is 0 Å². The number of carbonyl (C=O) groups is 7. The number of nitrogens with zero attached hydrogens (tertiary/aromatic N) is 2. The molecule has 2 atom stereocenters. The Labute approximate surface area is 525 Å². The van der Waals surface area contributed by atoms with E-state index in [9.17, 15) is 43.8 Å². The van der Waals surface area contributed by atoms with Crippen molar-refractivity contribution in [2.75, 3.05) is 57.9 Å². The number of rotatable bonds is 30. The molecule has 2 saturated carbocycles. The maximum atomic E-state index is 14.4. The number of carboxylic acid groups (broad SMARTS) is 2. The van der Waals surface area contributed by atoms with Gasteiger partial charge in [-0.05, 0) is 141 Å². The van der Waals surface area contributed by atoms with Crippen molar-refractivity contribution in [3.63, 3.8) is 0 Å². The first-order valence-corrected chi connectivity index (χ1v) is 29.6. The van der Waals surface area contributed by atoms with Gasteiger partial charge in [-0.2, -0.15) is 0 Å². The van der Waals surface area contributed by atoms with Crippen molar-refractivity contribution < 1.29 is 67.5 Å². The molecule has 474 valence electrons. The van der Waals surface area contributed by atoms with Crippen molar-refractivity contribution in [1.82, 2.24) is 31.2 Å². The van der Waals surface area contributed by atoms with Crippen LogP contribution in [-0.2, 0) is 20.8 Å². The molecule has 0 saturated heterocycles. The maximum absolute atomic E-state index is 14.4. The molecule has 0 radical (unpaired) electrons. The van der Waals surface area contributed by atoms with E-state index in [1.165, 1.54) is 106 Å². The number of nitrogens with one attached hydrogen (secondary N) is 8. The van der Waals surface area contributed by atoms with Gasteiger partial charge in [-0.1, -0.05) is 57.1 Å². The van der Waals surface area contributed by atoms with Gasteiger partial charge in [0.2, 0.25) is 0 Å². The summed E-state index contributed by atoms with van der Waals surface area (Å²) >= 11 is 0. The molecule has 2 aromatic heterocycles. The average molecular weight is 1240 g/mol. The Hall–Kier alpha value is -10.6. The minimum atomic E-state index is -1.48. The molecule has 10 N–H and O–H groups in total. The zero-order valence-corrected chi connectivity index (χ0v) is 50.8. The Balaban J connectivity index is 0.971. The van der Waals surface area contributed by atoms with Crippen LogP contribution in [0.3, 0.4) is 0 Å². The van der Waals surface area contributed by atoms with E-state index < -0.39 is 47.5 Å². The number of allylic oxidation sites excluding steroid dienone is 1. The quantitative estimate of drug-likeness (QED) is 0.00867. The van der Waals surface area contributed by atoms with Crippen LogP contribution < -0.4 is 41.4 Å². The second-order valence-electron chi connectivity index (χ2n) is 21.5. The summed E-state index contributed by atoms with van der Waals surface area (Å²) < 4.78 is 27.2. The fourth-order valence-electron chi connectivity index (χ4n) is 9.76. The zero-order valence-electron chi connectivity index (χ0n) is 50.8. The lowest BCUT2D eigenvalue weighted by molar-refractivity contribution is 0.0679.